The van der Waals surface area contributed by atoms with Crippen molar-refractivity contribution in [2.45, 2.75) is 31.6 Å². The van der Waals surface area contributed by atoms with Gasteiger partial charge in [-0.25, -0.2) is 12.8 Å². The molecular weight excluding hydrogens is 387 g/mol. The minimum Gasteiger partial charge on any atom is -0.315 e. The molecule has 0 bridgehead atoms. The van der Waals surface area contributed by atoms with E-state index in [9.17, 15) is 17.6 Å². The van der Waals surface area contributed by atoms with E-state index >= 15 is 0 Å². The molecule has 1 amide bonds. The van der Waals surface area contributed by atoms with Gasteiger partial charge in [-0.2, -0.15) is 4.99 Å². The predicted molar refractivity (Wildman–Crippen MR) is 99.6 cm³/mol. The minimum absolute atomic E-state index is 0.0136. The number of thioether (sulfide) groups is 1. The van der Waals surface area contributed by atoms with Gasteiger partial charge in [-0.05, 0) is 24.6 Å². The van der Waals surface area contributed by atoms with Gasteiger partial charge in [0.25, 0.3) is 5.91 Å². The van der Waals surface area contributed by atoms with E-state index in [0.29, 0.717) is 17.3 Å². The van der Waals surface area contributed by atoms with Gasteiger partial charge in [-0.15, -0.1) is 0 Å². The SMILES string of the molecule is CC[C@@H](C)C(=O)N=C1S[C@H]2CS(=O)(=O)C[C@H]2N1c1ccc(Cl)c(F)c1. The molecular formula is C16H18ClFN2O3S2. The average molecular weight is 405 g/mol. The Balaban J connectivity index is 2.02. The number of halogens is 2. The molecule has 0 aromatic heterocycles. The lowest BCUT2D eigenvalue weighted by molar-refractivity contribution is -0.121. The van der Waals surface area contributed by atoms with E-state index in [1.807, 2.05) is 6.92 Å². The van der Waals surface area contributed by atoms with Gasteiger partial charge >= 0.3 is 0 Å². The molecule has 136 valence electrons. The van der Waals surface area contributed by atoms with Gasteiger partial charge in [0, 0.05) is 16.9 Å². The Morgan fingerprint density at radius 3 is 2.84 bits per heavy atom. The highest BCUT2D eigenvalue weighted by atomic mass is 35.5. The topological polar surface area (TPSA) is 66.8 Å². The quantitative estimate of drug-likeness (QED) is 0.774. The van der Waals surface area contributed by atoms with Crippen molar-refractivity contribution in [2.75, 3.05) is 16.4 Å². The van der Waals surface area contributed by atoms with Crippen LogP contribution in [0.1, 0.15) is 20.3 Å². The van der Waals surface area contributed by atoms with Crippen molar-refractivity contribution in [3.63, 3.8) is 0 Å². The summed E-state index contributed by atoms with van der Waals surface area (Å²) >= 11 is 7.02. The van der Waals surface area contributed by atoms with Crippen molar-refractivity contribution in [3.05, 3.63) is 29.0 Å². The zero-order valence-electron chi connectivity index (χ0n) is 13.8. The van der Waals surface area contributed by atoms with Gasteiger partial charge in [-0.3, -0.25) is 4.79 Å². The van der Waals surface area contributed by atoms with Crippen molar-refractivity contribution in [1.82, 2.24) is 0 Å². The van der Waals surface area contributed by atoms with Crippen LogP contribution in [0.4, 0.5) is 10.1 Å². The second-order valence-corrected chi connectivity index (χ2v) is 10.1. The minimum atomic E-state index is -3.16. The van der Waals surface area contributed by atoms with Crippen LogP contribution in [-0.2, 0) is 14.6 Å². The van der Waals surface area contributed by atoms with Crippen LogP contribution in [0.3, 0.4) is 0 Å². The van der Waals surface area contributed by atoms with Crippen LogP contribution in [0.25, 0.3) is 0 Å². The molecule has 1 aromatic rings. The van der Waals surface area contributed by atoms with Crippen LogP contribution < -0.4 is 4.90 Å². The van der Waals surface area contributed by atoms with E-state index in [1.54, 1.807) is 17.9 Å². The van der Waals surface area contributed by atoms with Gasteiger partial charge in [-0.1, -0.05) is 37.2 Å². The second-order valence-electron chi connectivity index (χ2n) is 6.31. The van der Waals surface area contributed by atoms with Crippen LogP contribution in [0, 0.1) is 11.7 Å². The lowest BCUT2D eigenvalue weighted by atomic mass is 10.1. The first-order valence-electron chi connectivity index (χ1n) is 7.95. The molecule has 25 heavy (non-hydrogen) atoms. The number of sulfone groups is 1. The third-order valence-electron chi connectivity index (χ3n) is 4.49. The molecule has 3 rings (SSSR count). The number of amidine groups is 1. The fraction of sp³-hybridized carbons (Fsp3) is 0.500. The first-order valence-corrected chi connectivity index (χ1v) is 11.0. The van der Waals surface area contributed by atoms with Crippen LogP contribution in [0.15, 0.2) is 23.2 Å². The number of hydrogen-bond donors (Lipinski definition) is 0. The number of amides is 1. The maximum Gasteiger partial charge on any atom is 0.250 e. The molecule has 5 nitrogen and oxygen atoms in total. The molecule has 0 radical (unpaired) electrons. The highest BCUT2D eigenvalue weighted by Crippen LogP contribution is 2.41. The molecule has 2 aliphatic heterocycles. The van der Waals surface area contributed by atoms with Crippen LogP contribution in [-0.4, -0.2) is 42.3 Å². The molecule has 0 N–H and O–H groups in total. The number of hydrogen-bond acceptors (Lipinski definition) is 4. The molecule has 2 fully saturated rings. The number of rotatable bonds is 3. The molecule has 2 aliphatic rings. The van der Waals surface area contributed by atoms with E-state index in [2.05, 4.69) is 4.99 Å². The largest absolute Gasteiger partial charge is 0.315 e. The number of benzene rings is 1. The summed E-state index contributed by atoms with van der Waals surface area (Å²) in [4.78, 5) is 18.1. The summed E-state index contributed by atoms with van der Waals surface area (Å²) in [5.74, 6) is -1.08. The highest BCUT2D eigenvalue weighted by Gasteiger charge is 2.49. The first kappa shape index (κ1) is 18.7. The van der Waals surface area contributed by atoms with Gasteiger partial charge in [0.05, 0.1) is 22.6 Å². The summed E-state index contributed by atoms with van der Waals surface area (Å²) in [5.41, 5.74) is 0.453. The van der Waals surface area contributed by atoms with Crippen molar-refractivity contribution in [2.24, 2.45) is 10.9 Å². The Morgan fingerprint density at radius 1 is 1.48 bits per heavy atom. The fourth-order valence-corrected chi connectivity index (χ4v) is 6.92. The molecule has 9 heteroatoms. The van der Waals surface area contributed by atoms with Crippen molar-refractivity contribution >= 4 is 50.0 Å². The zero-order valence-corrected chi connectivity index (χ0v) is 16.2. The molecule has 3 atom stereocenters. The molecule has 1 aromatic carbocycles. The van der Waals surface area contributed by atoms with E-state index in [1.165, 1.54) is 23.9 Å². The van der Waals surface area contributed by atoms with Gasteiger partial charge in [0.2, 0.25) is 0 Å². The van der Waals surface area contributed by atoms with Gasteiger partial charge in [0.1, 0.15) is 5.82 Å². The summed E-state index contributed by atoms with van der Waals surface area (Å²) in [6, 6.07) is 3.92. The average Bonchev–Trinajstić information content (AvgIpc) is 3.00. The third-order valence-corrected chi connectivity index (χ3v) is 8.00. The van der Waals surface area contributed by atoms with Crippen molar-refractivity contribution in [3.8, 4) is 0 Å². The molecule has 0 unspecified atom stereocenters. The number of carbonyl (C=O) groups is 1. The molecule has 2 saturated heterocycles. The Bertz CT molecular complexity index is 844. The first-order chi connectivity index (χ1) is 11.7. The summed E-state index contributed by atoms with van der Waals surface area (Å²) in [7, 11) is -3.16. The monoisotopic (exact) mass is 404 g/mol. The molecule has 0 spiro atoms. The van der Waals surface area contributed by atoms with E-state index in [4.69, 9.17) is 11.6 Å². The smallest absolute Gasteiger partial charge is 0.250 e. The third kappa shape index (κ3) is 3.71. The predicted octanol–water partition coefficient (Wildman–Crippen LogP) is 3.13. The molecule has 0 saturated carbocycles. The van der Waals surface area contributed by atoms with E-state index in [-0.39, 0.29) is 39.6 Å². The number of anilines is 1. The normalized spacial score (nSPS) is 27.5. The number of carbonyl (C=O) groups excluding carboxylic acids is 1. The second kappa shape index (κ2) is 6.89. The van der Waals surface area contributed by atoms with Crippen molar-refractivity contribution < 1.29 is 17.6 Å². The van der Waals surface area contributed by atoms with Crippen molar-refractivity contribution in [1.29, 1.82) is 0 Å². The summed E-state index contributed by atoms with van der Waals surface area (Å²) in [6.07, 6.45) is 0.664. The Kier molecular flexibility index (Phi) is 5.14. The Labute approximate surface area is 155 Å². The maximum atomic E-state index is 13.9. The summed E-state index contributed by atoms with van der Waals surface area (Å²) < 4.78 is 37.9. The molecule has 0 aliphatic carbocycles. The number of nitrogens with zero attached hydrogens (tertiary/aromatic N) is 2. The van der Waals surface area contributed by atoms with Crippen LogP contribution in [0.2, 0.25) is 5.02 Å². The standard InChI is InChI=1S/C16H18ClFN2O3S2/c1-3-9(2)15(21)19-16-20(10-4-5-11(17)12(18)6-10)13-7-25(22,23)8-14(13)24-16/h4-6,9,13-14H,3,7-8H2,1-2H3/t9-,13-,14+/m1/s1. The maximum absolute atomic E-state index is 13.9. The van der Waals surface area contributed by atoms with Gasteiger partial charge < -0.3 is 4.90 Å². The van der Waals surface area contributed by atoms with E-state index in [0.717, 1.165) is 0 Å². The van der Waals surface area contributed by atoms with Crippen LogP contribution in [0.5, 0.6) is 0 Å². The summed E-state index contributed by atoms with van der Waals surface area (Å²) in [5, 5.41) is 0.199. The Hall–Kier alpha value is -1.12. The van der Waals surface area contributed by atoms with Crippen LogP contribution >= 0.6 is 23.4 Å². The number of fused-ring (bicyclic) bond motifs is 1. The highest BCUT2D eigenvalue weighted by molar-refractivity contribution is 8.16. The van der Waals surface area contributed by atoms with Gasteiger partial charge in [0.15, 0.2) is 15.0 Å². The lowest BCUT2D eigenvalue weighted by Crippen LogP contribution is -2.38. The van der Waals surface area contributed by atoms with E-state index < -0.39 is 15.7 Å². The fourth-order valence-electron chi connectivity index (χ4n) is 2.88. The molecule has 2 heterocycles. The number of aliphatic imine (C=N–C) groups is 1. The Morgan fingerprint density at radius 2 is 2.20 bits per heavy atom. The zero-order chi connectivity index (χ0) is 18.4. The summed E-state index contributed by atoms with van der Waals surface area (Å²) in [6.45, 7) is 3.70. The lowest BCUT2D eigenvalue weighted by Gasteiger charge is -2.24.